The Morgan fingerprint density at radius 1 is 1.47 bits per heavy atom. The summed E-state index contributed by atoms with van der Waals surface area (Å²) in [5.41, 5.74) is 1.30. The number of pyridine rings is 1. The molecule has 0 bridgehead atoms. The lowest BCUT2D eigenvalue weighted by molar-refractivity contribution is -0.0775. The third-order valence-corrected chi connectivity index (χ3v) is 4.57. The molecule has 1 N–H and O–H groups in total. The Bertz CT molecular complexity index is 382. The molecule has 0 saturated heterocycles. The van der Waals surface area contributed by atoms with Crippen molar-refractivity contribution in [2.75, 3.05) is 14.2 Å². The first-order valence-corrected chi connectivity index (χ1v) is 7.31. The van der Waals surface area contributed by atoms with Gasteiger partial charge in [-0.2, -0.15) is 0 Å². The van der Waals surface area contributed by atoms with Crippen LogP contribution in [-0.2, 0) is 11.2 Å². The summed E-state index contributed by atoms with van der Waals surface area (Å²) in [4.78, 5) is 4.09. The third-order valence-electron chi connectivity index (χ3n) is 4.57. The Kier molecular flexibility index (Phi) is 4.94. The summed E-state index contributed by atoms with van der Waals surface area (Å²) in [6.07, 6.45) is 9.64. The molecule has 0 aliphatic heterocycles. The molecule has 3 heteroatoms. The van der Waals surface area contributed by atoms with Crippen LogP contribution in [0.25, 0.3) is 0 Å². The number of ether oxygens (including phenoxy) is 1. The fourth-order valence-corrected chi connectivity index (χ4v) is 3.49. The van der Waals surface area contributed by atoms with Crippen LogP contribution in [0, 0.1) is 5.92 Å². The van der Waals surface area contributed by atoms with Crippen LogP contribution >= 0.6 is 0 Å². The third kappa shape index (κ3) is 3.34. The molecule has 1 saturated carbocycles. The Balaban J connectivity index is 2.14. The normalized spacial score (nSPS) is 29.1. The van der Waals surface area contributed by atoms with Crippen molar-refractivity contribution in [3.8, 4) is 0 Å². The molecule has 0 spiro atoms. The zero-order valence-corrected chi connectivity index (χ0v) is 12.4. The van der Waals surface area contributed by atoms with Gasteiger partial charge in [-0.05, 0) is 49.9 Å². The van der Waals surface area contributed by atoms with Gasteiger partial charge in [0.2, 0.25) is 0 Å². The SMILES string of the molecule is CNC(Cc1ccncc1)C1(OC)CCCC(C)C1. The van der Waals surface area contributed by atoms with Crippen LogP contribution in [-0.4, -0.2) is 30.8 Å². The minimum atomic E-state index is -0.0182. The van der Waals surface area contributed by atoms with Crippen molar-refractivity contribution in [2.45, 2.75) is 50.7 Å². The highest BCUT2D eigenvalue weighted by atomic mass is 16.5. The molecule has 3 atom stereocenters. The molecule has 1 aliphatic carbocycles. The molecule has 1 aromatic rings. The minimum absolute atomic E-state index is 0.0182. The maximum absolute atomic E-state index is 6.00. The lowest BCUT2D eigenvalue weighted by atomic mass is 9.73. The van der Waals surface area contributed by atoms with Crippen molar-refractivity contribution < 1.29 is 4.74 Å². The summed E-state index contributed by atoms with van der Waals surface area (Å²) in [7, 11) is 3.92. The van der Waals surface area contributed by atoms with Crippen LogP contribution in [0.5, 0.6) is 0 Å². The van der Waals surface area contributed by atoms with E-state index in [9.17, 15) is 0 Å². The standard InChI is InChI=1S/C16H26N2O/c1-13-5-4-8-16(12-13,19-3)15(17-2)11-14-6-9-18-10-7-14/h6-7,9-10,13,15,17H,4-5,8,11-12H2,1-3H3. The van der Waals surface area contributed by atoms with E-state index in [0.717, 1.165) is 25.2 Å². The van der Waals surface area contributed by atoms with Crippen LogP contribution in [0.3, 0.4) is 0 Å². The molecule has 0 aromatic carbocycles. The number of hydrogen-bond acceptors (Lipinski definition) is 3. The summed E-state index contributed by atoms with van der Waals surface area (Å²) < 4.78 is 6.00. The van der Waals surface area contributed by atoms with Gasteiger partial charge in [0.05, 0.1) is 5.60 Å². The second kappa shape index (κ2) is 6.49. The van der Waals surface area contributed by atoms with Gasteiger partial charge < -0.3 is 10.1 Å². The highest BCUT2D eigenvalue weighted by Crippen LogP contribution is 2.38. The Labute approximate surface area is 116 Å². The lowest BCUT2D eigenvalue weighted by Crippen LogP contribution is -2.54. The van der Waals surface area contributed by atoms with E-state index >= 15 is 0 Å². The molecule has 1 heterocycles. The van der Waals surface area contributed by atoms with Crippen molar-refractivity contribution >= 4 is 0 Å². The molecule has 1 aromatic heterocycles. The first-order chi connectivity index (χ1) is 9.20. The van der Waals surface area contributed by atoms with E-state index in [0.29, 0.717) is 6.04 Å². The van der Waals surface area contributed by atoms with Gasteiger partial charge in [0.1, 0.15) is 0 Å². The topological polar surface area (TPSA) is 34.2 Å². The molecular formula is C16H26N2O. The van der Waals surface area contributed by atoms with Crippen molar-refractivity contribution in [1.29, 1.82) is 0 Å². The fraction of sp³-hybridized carbons (Fsp3) is 0.688. The minimum Gasteiger partial charge on any atom is -0.377 e. The van der Waals surface area contributed by atoms with E-state index in [1.54, 1.807) is 0 Å². The van der Waals surface area contributed by atoms with E-state index in [1.165, 1.54) is 18.4 Å². The van der Waals surface area contributed by atoms with Gasteiger partial charge in [0, 0.05) is 25.5 Å². The molecule has 106 valence electrons. The number of nitrogens with zero attached hydrogens (tertiary/aromatic N) is 1. The van der Waals surface area contributed by atoms with Crippen LogP contribution in [0.1, 0.15) is 38.2 Å². The lowest BCUT2D eigenvalue weighted by Gasteiger charge is -2.44. The number of methoxy groups -OCH3 is 1. The zero-order valence-electron chi connectivity index (χ0n) is 12.4. The monoisotopic (exact) mass is 262 g/mol. The predicted octanol–water partition coefficient (Wildman–Crippen LogP) is 2.81. The van der Waals surface area contributed by atoms with E-state index < -0.39 is 0 Å². The average Bonchev–Trinajstić information content (AvgIpc) is 2.45. The molecule has 2 rings (SSSR count). The number of likely N-dealkylation sites (N-methyl/N-ethyl adjacent to an activating group) is 1. The van der Waals surface area contributed by atoms with Gasteiger partial charge in [-0.25, -0.2) is 0 Å². The summed E-state index contributed by atoms with van der Waals surface area (Å²) in [6.45, 7) is 2.34. The zero-order chi connectivity index (χ0) is 13.7. The smallest absolute Gasteiger partial charge is 0.0836 e. The summed E-state index contributed by atoms with van der Waals surface area (Å²) in [5, 5.41) is 3.49. The number of rotatable bonds is 5. The molecule has 0 amide bonds. The second-order valence-electron chi connectivity index (χ2n) is 5.87. The molecular weight excluding hydrogens is 236 g/mol. The highest BCUT2D eigenvalue weighted by Gasteiger charge is 2.41. The Morgan fingerprint density at radius 3 is 2.79 bits per heavy atom. The number of aromatic nitrogens is 1. The maximum Gasteiger partial charge on any atom is 0.0836 e. The van der Waals surface area contributed by atoms with E-state index in [1.807, 2.05) is 26.6 Å². The average molecular weight is 262 g/mol. The van der Waals surface area contributed by atoms with Gasteiger partial charge >= 0.3 is 0 Å². The molecule has 3 unspecified atom stereocenters. The molecule has 1 fully saturated rings. The van der Waals surface area contributed by atoms with Crippen LogP contribution < -0.4 is 5.32 Å². The van der Waals surface area contributed by atoms with E-state index in [2.05, 4.69) is 29.4 Å². The predicted molar refractivity (Wildman–Crippen MR) is 78.2 cm³/mol. The maximum atomic E-state index is 6.00. The van der Waals surface area contributed by atoms with Crippen molar-refractivity contribution in [3.05, 3.63) is 30.1 Å². The first-order valence-electron chi connectivity index (χ1n) is 7.31. The Morgan fingerprint density at radius 2 is 2.21 bits per heavy atom. The van der Waals surface area contributed by atoms with E-state index in [-0.39, 0.29) is 5.60 Å². The number of hydrogen-bond donors (Lipinski definition) is 1. The van der Waals surface area contributed by atoms with Gasteiger partial charge in [0.15, 0.2) is 0 Å². The van der Waals surface area contributed by atoms with Gasteiger partial charge in [-0.15, -0.1) is 0 Å². The molecule has 19 heavy (non-hydrogen) atoms. The van der Waals surface area contributed by atoms with Crippen molar-refractivity contribution in [2.24, 2.45) is 5.92 Å². The van der Waals surface area contributed by atoms with Gasteiger partial charge in [-0.1, -0.05) is 19.8 Å². The van der Waals surface area contributed by atoms with Crippen LogP contribution in [0.15, 0.2) is 24.5 Å². The van der Waals surface area contributed by atoms with Crippen LogP contribution in [0.2, 0.25) is 0 Å². The molecule has 3 nitrogen and oxygen atoms in total. The Hall–Kier alpha value is -0.930. The largest absolute Gasteiger partial charge is 0.377 e. The summed E-state index contributed by atoms with van der Waals surface area (Å²) in [6, 6.07) is 4.56. The quantitative estimate of drug-likeness (QED) is 0.886. The second-order valence-corrected chi connectivity index (χ2v) is 5.87. The highest BCUT2D eigenvalue weighted by molar-refractivity contribution is 5.14. The summed E-state index contributed by atoms with van der Waals surface area (Å²) in [5.74, 6) is 0.752. The fourth-order valence-electron chi connectivity index (χ4n) is 3.49. The number of nitrogens with one attached hydrogen (secondary N) is 1. The van der Waals surface area contributed by atoms with E-state index in [4.69, 9.17) is 4.74 Å². The molecule has 0 radical (unpaired) electrons. The van der Waals surface area contributed by atoms with Crippen molar-refractivity contribution in [1.82, 2.24) is 10.3 Å². The summed E-state index contributed by atoms with van der Waals surface area (Å²) >= 11 is 0. The van der Waals surface area contributed by atoms with Gasteiger partial charge in [0.25, 0.3) is 0 Å². The first kappa shape index (κ1) is 14.5. The van der Waals surface area contributed by atoms with Gasteiger partial charge in [-0.3, -0.25) is 4.98 Å². The van der Waals surface area contributed by atoms with Crippen LogP contribution in [0.4, 0.5) is 0 Å². The molecule has 1 aliphatic rings. The van der Waals surface area contributed by atoms with Crippen molar-refractivity contribution in [3.63, 3.8) is 0 Å².